The zero-order valence-corrected chi connectivity index (χ0v) is 20.3. The Bertz CT molecular complexity index is 1130. The minimum absolute atomic E-state index is 0.332. The standard InChI is InChI=1S/C26H26N4O6/c1-33-21-9-17(10-22(13-21)34-2)15-27-29-25(31)19-5-7-20(8-6-19)26(32)30-28-16-18-11-23(35-3)14-24(12-18)36-4/h5-16H,1-4H3,(H,29,31)(H,30,32)/b27-15+,28-16+. The smallest absolute Gasteiger partial charge is 0.271 e. The molecule has 10 heteroatoms. The first kappa shape index (κ1) is 25.8. The number of ether oxygens (including phenoxy) is 4. The summed E-state index contributed by atoms with van der Waals surface area (Å²) in [6, 6.07) is 16.5. The first-order chi connectivity index (χ1) is 17.4. The fourth-order valence-electron chi connectivity index (χ4n) is 3.04. The van der Waals surface area contributed by atoms with Crippen molar-refractivity contribution in [2.75, 3.05) is 28.4 Å². The maximum Gasteiger partial charge on any atom is 0.271 e. The molecule has 0 spiro atoms. The van der Waals surface area contributed by atoms with Crippen LogP contribution >= 0.6 is 0 Å². The van der Waals surface area contributed by atoms with Gasteiger partial charge in [-0.3, -0.25) is 9.59 Å². The monoisotopic (exact) mass is 490 g/mol. The van der Waals surface area contributed by atoms with E-state index in [2.05, 4.69) is 21.1 Å². The van der Waals surface area contributed by atoms with Gasteiger partial charge in [-0.25, -0.2) is 10.9 Å². The number of hydrogen-bond acceptors (Lipinski definition) is 8. The van der Waals surface area contributed by atoms with E-state index in [4.69, 9.17) is 18.9 Å². The Labute approximate surface area is 208 Å². The van der Waals surface area contributed by atoms with E-state index in [0.29, 0.717) is 45.3 Å². The number of nitrogens with zero attached hydrogens (tertiary/aromatic N) is 2. The molecule has 0 aliphatic heterocycles. The van der Waals surface area contributed by atoms with Crippen molar-refractivity contribution < 1.29 is 28.5 Å². The third-order valence-electron chi connectivity index (χ3n) is 4.92. The van der Waals surface area contributed by atoms with Crippen LogP contribution in [0.15, 0.2) is 70.9 Å². The molecule has 0 unspecified atom stereocenters. The van der Waals surface area contributed by atoms with Crippen molar-refractivity contribution in [1.82, 2.24) is 10.9 Å². The Morgan fingerprint density at radius 1 is 0.583 bits per heavy atom. The Morgan fingerprint density at radius 2 is 0.889 bits per heavy atom. The van der Waals surface area contributed by atoms with E-state index >= 15 is 0 Å². The van der Waals surface area contributed by atoms with Crippen molar-refractivity contribution in [2.24, 2.45) is 10.2 Å². The van der Waals surface area contributed by atoms with Gasteiger partial charge in [-0.15, -0.1) is 0 Å². The molecule has 3 rings (SSSR count). The fourth-order valence-corrected chi connectivity index (χ4v) is 3.04. The lowest BCUT2D eigenvalue weighted by molar-refractivity contribution is 0.0943. The van der Waals surface area contributed by atoms with Crippen molar-refractivity contribution in [3.8, 4) is 23.0 Å². The number of carbonyl (C=O) groups excluding carboxylic acids is 2. The zero-order chi connectivity index (χ0) is 25.9. The van der Waals surface area contributed by atoms with Gasteiger partial charge in [0, 0.05) is 34.4 Å². The van der Waals surface area contributed by atoms with Gasteiger partial charge in [0.25, 0.3) is 11.8 Å². The molecular formula is C26H26N4O6. The van der Waals surface area contributed by atoms with E-state index in [0.717, 1.165) is 0 Å². The maximum absolute atomic E-state index is 12.4. The van der Waals surface area contributed by atoms with Crippen molar-refractivity contribution in [2.45, 2.75) is 0 Å². The number of nitrogens with one attached hydrogen (secondary N) is 2. The minimum atomic E-state index is -0.432. The summed E-state index contributed by atoms with van der Waals surface area (Å²) in [4.78, 5) is 24.8. The normalized spacial score (nSPS) is 10.8. The van der Waals surface area contributed by atoms with Crippen LogP contribution in [0.3, 0.4) is 0 Å². The molecule has 0 aliphatic carbocycles. The van der Waals surface area contributed by atoms with Gasteiger partial charge in [-0.1, -0.05) is 0 Å². The number of methoxy groups -OCH3 is 4. The molecule has 0 fully saturated rings. The highest BCUT2D eigenvalue weighted by Crippen LogP contribution is 2.22. The number of hydrogen-bond donors (Lipinski definition) is 2. The summed E-state index contributed by atoms with van der Waals surface area (Å²) in [5.41, 5.74) is 6.93. The van der Waals surface area contributed by atoms with E-state index in [1.807, 2.05) is 0 Å². The van der Waals surface area contributed by atoms with Crippen LogP contribution in [0.2, 0.25) is 0 Å². The Morgan fingerprint density at radius 3 is 1.17 bits per heavy atom. The third-order valence-corrected chi connectivity index (χ3v) is 4.92. The molecule has 0 radical (unpaired) electrons. The van der Waals surface area contributed by atoms with Gasteiger partial charge >= 0.3 is 0 Å². The molecule has 10 nitrogen and oxygen atoms in total. The van der Waals surface area contributed by atoms with Crippen molar-refractivity contribution in [1.29, 1.82) is 0 Å². The molecule has 3 aromatic rings. The predicted molar refractivity (Wildman–Crippen MR) is 136 cm³/mol. The summed E-state index contributed by atoms with van der Waals surface area (Å²) < 4.78 is 20.8. The predicted octanol–water partition coefficient (Wildman–Crippen LogP) is 3.25. The third kappa shape index (κ3) is 7.07. The summed E-state index contributed by atoms with van der Waals surface area (Å²) in [6.07, 6.45) is 2.95. The van der Waals surface area contributed by atoms with Gasteiger partial charge in [0.1, 0.15) is 23.0 Å². The largest absolute Gasteiger partial charge is 0.497 e. The summed E-state index contributed by atoms with van der Waals surface area (Å²) in [5, 5.41) is 7.94. The number of benzene rings is 3. The molecule has 0 atom stereocenters. The van der Waals surface area contributed by atoms with E-state index in [1.54, 1.807) is 64.8 Å². The second-order valence-corrected chi connectivity index (χ2v) is 7.27. The summed E-state index contributed by atoms with van der Waals surface area (Å²) >= 11 is 0. The number of carbonyl (C=O) groups is 2. The first-order valence-corrected chi connectivity index (χ1v) is 10.7. The van der Waals surface area contributed by atoms with Crippen molar-refractivity contribution in [3.63, 3.8) is 0 Å². The van der Waals surface area contributed by atoms with Crippen LogP contribution in [-0.4, -0.2) is 52.7 Å². The van der Waals surface area contributed by atoms with Crippen molar-refractivity contribution in [3.05, 3.63) is 82.9 Å². The second-order valence-electron chi connectivity index (χ2n) is 7.27. The molecule has 0 bridgehead atoms. The lowest BCUT2D eigenvalue weighted by Gasteiger charge is -2.06. The molecular weight excluding hydrogens is 464 g/mol. The molecule has 2 N–H and O–H groups in total. The Balaban J connectivity index is 1.57. The first-order valence-electron chi connectivity index (χ1n) is 10.7. The maximum atomic E-state index is 12.4. The van der Waals surface area contributed by atoms with Crippen LogP contribution in [0.4, 0.5) is 0 Å². The van der Waals surface area contributed by atoms with Crippen molar-refractivity contribution >= 4 is 24.2 Å². The Kier molecular flexibility index (Phi) is 8.99. The zero-order valence-electron chi connectivity index (χ0n) is 20.3. The van der Waals surface area contributed by atoms with E-state index in [-0.39, 0.29) is 0 Å². The average molecular weight is 491 g/mol. The van der Waals surface area contributed by atoms with Crippen LogP contribution < -0.4 is 29.8 Å². The van der Waals surface area contributed by atoms with E-state index in [9.17, 15) is 9.59 Å². The lowest BCUT2D eigenvalue weighted by Crippen LogP contribution is -2.19. The van der Waals surface area contributed by atoms with Crippen LogP contribution in [0.25, 0.3) is 0 Å². The van der Waals surface area contributed by atoms with Gasteiger partial charge in [-0.2, -0.15) is 10.2 Å². The summed E-state index contributed by atoms with van der Waals surface area (Å²) in [7, 11) is 6.19. The molecule has 0 heterocycles. The molecule has 186 valence electrons. The second kappa shape index (κ2) is 12.6. The van der Waals surface area contributed by atoms with Gasteiger partial charge in [-0.05, 0) is 48.5 Å². The van der Waals surface area contributed by atoms with Gasteiger partial charge in [0.15, 0.2) is 0 Å². The highest BCUT2D eigenvalue weighted by molar-refractivity contribution is 5.98. The van der Waals surface area contributed by atoms with Crippen LogP contribution in [-0.2, 0) is 0 Å². The molecule has 3 aromatic carbocycles. The molecule has 0 saturated heterocycles. The molecule has 0 aromatic heterocycles. The molecule has 0 saturated carbocycles. The highest BCUT2D eigenvalue weighted by Gasteiger charge is 2.08. The van der Waals surface area contributed by atoms with E-state index in [1.165, 1.54) is 36.7 Å². The number of hydrazone groups is 2. The average Bonchev–Trinajstić information content (AvgIpc) is 2.92. The van der Waals surface area contributed by atoms with Crippen LogP contribution in [0, 0.1) is 0 Å². The topological polar surface area (TPSA) is 120 Å². The van der Waals surface area contributed by atoms with Crippen LogP contribution in [0.1, 0.15) is 31.8 Å². The van der Waals surface area contributed by atoms with Gasteiger partial charge in [0.2, 0.25) is 0 Å². The van der Waals surface area contributed by atoms with E-state index < -0.39 is 11.8 Å². The van der Waals surface area contributed by atoms with Gasteiger partial charge in [0.05, 0.1) is 40.9 Å². The SMILES string of the molecule is COc1cc(/C=N/NC(=O)c2ccc(C(=O)N/N=C/c3cc(OC)cc(OC)c3)cc2)cc(OC)c1. The minimum Gasteiger partial charge on any atom is -0.497 e. The molecule has 0 aliphatic rings. The summed E-state index contributed by atoms with van der Waals surface area (Å²) in [6.45, 7) is 0. The highest BCUT2D eigenvalue weighted by atomic mass is 16.5. The summed E-state index contributed by atoms with van der Waals surface area (Å²) in [5.74, 6) is 1.54. The number of amides is 2. The van der Waals surface area contributed by atoms with Gasteiger partial charge < -0.3 is 18.9 Å². The molecule has 36 heavy (non-hydrogen) atoms. The Hall–Kier alpha value is -4.86. The van der Waals surface area contributed by atoms with Crippen LogP contribution in [0.5, 0.6) is 23.0 Å². The quantitative estimate of drug-likeness (QED) is 0.333. The lowest BCUT2D eigenvalue weighted by atomic mass is 10.1. The number of rotatable bonds is 10. The fraction of sp³-hybridized carbons (Fsp3) is 0.154. The molecule has 2 amide bonds.